The van der Waals surface area contributed by atoms with Gasteiger partial charge in [-0.05, 0) is 37.3 Å². The smallest absolute Gasteiger partial charge is 0.271 e. The third kappa shape index (κ3) is 4.01. The largest absolute Gasteiger partial charge is 0.463 e. The number of ether oxygens (including phenoxy) is 1. The lowest BCUT2D eigenvalue weighted by Gasteiger charge is -2.26. The van der Waals surface area contributed by atoms with Crippen molar-refractivity contribution in [3.63, 3.8) is 0 Å². The summed E-state index contributed by atoms with van der Waals surface area (Å²) in [5.74, 6) is 0.0314. The van der Waals surface area contributed by atoms with E-state index in [1.54, 1.807) is 19.1 Å². The van der Waals surface area contributed by atoms with Crippen LogP contribution in [-0.2, 0) is 14.8 Å². The molecule has 0 unspecified atom stereocenters. The molecule has 1 aliphatic rings. The average molecular weight is 377 g/mol. The highest BCUT2D eigenvalue weighted by Crippen LogP contribution is 2.18. The van der Waals surface area contributed by atoms with Crippen molar-refractivity contribution in [3.8, 4) is 0 Å². The van der Waals surface area contributed by atoms with Crippen LogP contribution in [0.15, 0.2) is 57.1 Å². The first-order chi connectivity index (χ1) is 12.5. The van der Waals surface area contributed by atoms with E-state index in [2.05, 4.69) is 10.5 Å². The zero-order chi connectivity index (χ0) is 18.6. The van der Waals surface area contributed by atoms with Crippen LogP contribution in [0.5, 0.6) is 0 Å². The van der Waals surface area contributed by atoms with Crippen LogP contribution in [0.1, 0.15) is 23.0 Å². The first-order valence-corrected chi connectivity index (χ1v) is 9.49. The van der Waals surface area contributed by atoms with Crippen molar-refractivity contribution >= 4 is 21.6 Å². The molecule has 1 fully saturated rings. The number of rotatable bonds is 5. The summed E-state index contributed by atoms with van der Waals surface area (Å²) >= 11 is 0. The Morgan fingerprint density at radius 3 is 2.65 bits per heavy atom. The second-order valence-corrected chi connectivity index (χ2v) is 7.60. The van der Waals surface area contributed by atoms with Crippen molar-refractivity contribution in [2.24, 2.45) is 5.10 Å². The summed E-state index contributed by atoms with van der Waals surface area (Å²) in [5.41, 5.74) is 3.11. The number of carbonyl (C=O) groups excluding carboxylic acids is 1. The summed E-state index contributed by atoms with van der Waals surface area (Å²) in [6.45, 7) is 3.01. The lowest BCUT2D eigenvalue weighted by molar-refractivity contribution is 0.0730. The van der Waals surface area contributed by atoms with Crippen molar-refractivity contribution in [2.75, 3.05) is 26.3 Å². The lowest BCUT2D eigenvalue weighted by atomic mass is 10.2. The molecule has 0 saturated carbocycles. The van der Waals surface area contributed by atoms with E-state index >= 15 is 0 Å². The van der Waals surface area contributed by atoms with Gasteiger partial charge in [-0.1, -0.05) is 6.07 Å². The Hall–Kier alpha value is -2.49. The third-order valence-electron chi connectivity index (χ3n) is 3.91. The zero-order valence-corrected chi connectivity index (χ0v) is 15.0. The van der Waals surface area contributed by atoms with Crippen LogP contribution in [-0.4, -0.2) is 50.6 Å². The molecule has 2 aromatic rings. The molecule has 1 amide bonds. The summed E-state index contributed by atoms with van der Waals surface area (Å²) in [4.78, 5) is 12.4. The standard InChI is InChI=1S/C17H19N3O5S/c1-13(16-6-3-9-25-16)18-19-17(21)14-4-2-5-15(12-14)26(22,23)20-7-10-24-11-8-20/h2-6,9,12H,7-8,10-11H2,1H3,(H,19,21)/b18-13-. The zero-order valence-electron chi connectivity index (χ0n) is 14.2. The molecule has 1 saturated heterocycles. The van der Waals surface area contributed by atoms with E-state index in [1.165, 1.54) is 34.8 Å². The molecule has 9 heteroatoms. The number of amides is 1. The number of hydrazone groups is 1. The number of nitrogens with one attached hydrogen (secondary N) is 1. The topological polar surface area (TPSA) is 101 Å². The van der Waals surface area contributed by atoms with Gasteiger partial charge in [0.1, 0.15) is 11.5 Å². The van der Waals surface area contributed by atoms with Gasteiger partial charge in [0.25, 0.3) is 5.91 Å². The Balaban J connectivity index is 1.76. The van der Waals surface area contributed by atoms with E-state index in [-0.39, 0.29) is 10.5 Å². The number of furan rings is 1. The summed E-state index contributed by atoms with van der Waals surface area (Å²) in [6, 6.07) is 9.32. The van der Waals surface area contributed by atoms with E-state index in [1.807, 2.05) is 0 Å². The summed E-state index contributed by atoms with van der Waals surface area (Å²) in [6.07, 6.45) is 1.51. The van der Waals surface area contributed by atoms with E-state index in [4.69, 9.17) is 9.15 Å². The lowest BCUT2D eigenvalue weighted by Crippen LogP contribution is -2.40. The average Bonchev–Trinajstić information content (AvgIpc) is 3.21. The fraction of sp³-hybridized carbons (Fsp3) is 0.294. The SMILES string of the molecule is C/C(=N/NC(=O)c1cccc(S(=O)(=O)N2CCOCC2)c1)c1ccco1. The molecule has 1 aromatic heterocycles. The maximum atomic E-state index is 12.7. The molecule has 3 rings (SSSR count). The van der Waals surface area contributed by atoms with Crippen molar-refractivity contribution in [1.29, 1.82) is 0 Å². The van der Waals surface area contributed by atoms with Gasteiger partial charge in [-0.15, -0.1) is 0 Å². The molecular formula is C17H19N3O5S. The molecule has 0 radical (unpaired) electrons. The Bertz CT molecular complexity index is 900. The van der Waals surface area contributed by atoms with Gasteiger partial charge in [0.15, 0.2) is 0 Å². The molecule has 8 nitrogen and oxygen atoms in total. The van der Waals surface area contributed by atoms with Crippen molar-refractivity contribution in [3.05, 3.63) is 54.0 Å². The molecule has 1 aliphatic heterocycles. The fourth-order valence-corrected chi connectivity index (χ4v) is 3.93. The predicted octanol–water partition coefficient (Wildman–Crippen LogP) is 1.45. The Kier molecular flexibility index (Phi) is 5.50. The second kappa shape index (κ2) is 7.81. The number of hydrogen-bond acceptors (Lipinski definition) is 6. The van der Waals surface area contributed by atoms with Gasteiger partial charge < -0.3 is 9.15 Å². The van der Waals surface area contributed by atoms with Crippen molar-refractivity contribution in [1.82, 2.24) is 9.73 Å². The Morgan fingerprint density at radius 1 is 1.19 bits per heavy atom. The maximum absolute atomic E-state index is 12.7. The van der Waals surface area contributed by atoms with Gasteiger partial charge in [0.2, 0.25) is 10.0 Å². The van der Waals surface area contributed by atoms with Crippen LogP contribution in [0.3, 0.4) is 0 Å². The maximum Gasteiger partial charge on any atom is 0.271 e. The number of nitrogens with zero attached hydrogens (tertiary/aromatic N) is 2. The number of benzene rings is 1. The van der Waals surface area contributed by atoms with Gasteiger partial charge in [-0.25, -0.2) is 13.8 Å². The normalized spacial score (nSPS) is 16.4. The molecule has 0 aliphatic carbocycles. The molecular weight excluding hydrogens is 358 g/mol. The molecule has 1 N–H and O–H groups in total. The monoisotopic (exact) mass is 377 g/mol. The minimum absolute atomic E-state index is 0.0683. The van der Waals surface area contributed by atoms with Crippen LogP contribution in [0.25, 0.3) is 0 Å². The number of hydrogen-bond donors (Lipinski definition) is 1. The Labute approximate surface area is 151 Å². The van der Waals surface area contributed by atoms with Gasteiger partial charge >= 0.3 is 0 Å². The van der Waals surface area contributed by atoms with Crippen LogP contribution in [0, 0.1) is 0 Å². The van der Waals surface area contributed by atoms with E-state index in [0.29, 0.717) is 37.8 Å². The van der Waals surface area contributed by atoms with Gasteiger partial charge in [0, 0.05) is 18.7 Å². The van der Waals surface area contributed by atoms with Gasteiger partial charge in [-0.2, -0.15) is 9.41 Å². The summed E-state index contributed by atoms with van der Waals surface area (Å²) in [5, 5.41) is 3.97. The highest BCUT2D eigenvalue weighted by molar-refractivity contribution is 7.89. The quantitative estimate of drug-likeness (QED) is 0.628. The van der Waals surface area contributed by atoms with Crippen molar-refractivity contribution < 1.29 is 22.4 Å². The molecule has 2 heterocycles. The minimum Gasteiger partial charge on any atom is -0.463 e. The van der Waals surface area contributed by atoms with Crippen LogP contribution in [0.2, 0.25) is 0 Å². The second-order valence-electron chi connectivity index (χ2n) is 5.66. The first-order valence-electron chi connectivity index (χ1n) is 8.05. The van der Waals surface area contributed by atoms with E-state index in [0.717, 1.165) is 0 Å². The molecule has 138 valence electrons. The fourth-order valence-electron chi connectivity index (χ4n) is 2.47. The minimum atomic E-state index is -3.66. The predicted molar refractivity (Wildman–Crippen MR) is 94.4 cm³/mol. The molecule has 1 aromatic carbocycles. The van der Waals surface area contributed by atoms with Crippen LogP contribution >= 0.6 is 0 Å². The number of carbonyl (C=O) groups is 1. The van der Waals surface area contributed by atoms with Gasteiger partial charge in [0.05, 0.1) is 24.4 Å². The highest BCUT2D eigenvalue weighted by Gasteiger charge is 2.26. The third-order valence-corrected chi connectivity index (χ3v) is 5.80. The molecule has 0 atom stereocenters. The van der Waals surface area contributed by atoms with Crippen LogP contribution in [0.4, 0.5) is 0 Å². The molecule has 0 spiro atoms. The Morgan fingerprint density at radius 2 is 1.96 bits per heavy atom. The van der Waals surface area contributed by atoms with E-state index in [9.17, 15) is 13.2 Å². The molecule has 0 bridgehead atoms. The summed E-state index contributed by atoms with van der Waals surface area (Å²) < 4.78 is 37.1. The van der Waals surface area contributed by atoms with Crippen molar-refractivity contribution in [2.45, 2.75) is 11.8 Å². The summed E-state index contributed by atoms with van der Waals surface area (Å²) in [7, 11) is -3.66. The van der Waals surface area contributed by atoms with E-state index < -0.39 is 15.9 Å². The first kappa shape index (κ1) is 18.3. The number of morpholine rings is 1. The molecule has 26 heavy (non-hydrogen) atoms. The van der Waals surface area contributed by atoms with Gasteiger partial charge in [-0.3, -0.25) is 4.79 Å². The highest BCUT2D eigenvalue weighted by atomic mass is 32.2. The number of sulfonamides is 1. The van der Waals surface area contributed by atoms with Crippen LogP contribution < -0.4 is 5.43 Å².